The molecule has 1 aliphatic heterocycles. The fourth-order valence-corrected chi connectivity index (χ4v) is 3.04. The van der Waals surface area contributed by atoms with E-state index in [1.165, 1.54) is 23.1 Å². The van der Waals surface area contributed by atoms with Gasteiger partial charge in [-0.3, -0.25) is 24.6 Å². The van der Waals surface area contributed by atoms with Crippen molar-refractivity contribution in [3.8, 4) is 11.6 Å². The largest absolute Gasteiger partial charge is 0.482 e. The molecule has 0 aliphatic carbocycles. The number of nitro benzene ring substituents is 1. The molecule has 0 saturated heterocycles. The molecule has 0 unspecified atom stereocenters. The van der Waals surface area contributed by atoms with Crippen LogP contribution in [0.1, 0.15) is 5.56 Å². The van der Waals surface area contributed by atoms with Crippen LogP contribution in [0.4, 0.5) is 11.4 Å². The zero-order valence-corrected chi connectivity index (χ0v) is 15.6. The van der Waals surface area contributed by atoms with Gasteiger partial charge in [-0.15, -0.1) is 0 Å². The normalized spacial score (nSPS) is 12.8. The zero-order valence-electron chi connectivity index (χ0n) is 15.6. The molecule has 1 aliphatic rings. The number of hydrogen-bond donors (Lipinski definition) is 1. The first-order valence-corrected chi connectivity index (χ1v) is 8.95. The number of carbonyl (C=O) groups is 2. The summed E-state index contributed by atoms with van der Waals surface area (Å²) >= 11 is 0. The molecule has 0 radical (unpaired) electrons. The Labute approximate surface area is 170 Å². The first-order chi connectivity index (χ1) is 14.5. The Hall–Kier alpha value is -4.28. The third-order valence-electron chi connectivity index (χ3n) is 4.46. The van der Waals surface area contributed by atoms with Crippen LogP contribution in [0.5, 0.6) is 5.75 Å². The SMILES string of the molecule is O=C(CN1C(=O)COc2ccc([N+](=O)[O-])cc21)NCc1cccnc1-n1cccn1. The Morgan fingerprint density at radius 2 is 2.13 bits per heavy atom. The highest BCUT2D eigenvalue weighted by atomic mass is 16.6. The minimum absolute atomic E-state index is 0.169. The number of non-ortho nitro benzene ring substituents is 1. The summed E-state index contributed by atoms with van der Waals surface area (Å²) in [6.45, 7) is -0.375. The van der Waals surface area contributed by atoms with Crippen molar-refractivity contribution in [2.24, 2.45) is 0 Å². The van der Waals surface area contributed by atoms with Crippen molar-refractivity contribution in [1.82, 2.24) is 20.1 Å². The third kappa shape index (κ3) is 3.81. The molecule has 1 aromatic carbocycles. The summed E-state index contributed by atoms with van der Waals surface area (Å²) in [7, 11) is 0. The van der Waals surface area contributed by atoms with Crippen LogP contribution in [-0.4, -0.2) is 44.7 Å². The van der Waals surface area contributed by atoms with Crippen molar-refractivity contribution in [1.29, 1.82) is 0 Å². The molecule has 1 N–H and O–H groups in total. The van der Waals surface area contributed by atoms with Crippen LogP contribution in [0.25, 0.3) is 5.82 Å². The summed E-state index contributed by atoms with van der Waals surface area (Å²) < 4.78 is 6.89. The first-order valence-electron chi connectivity index (χ1n) is 8.95. The number of fused-ring (bicyclic) bond motifs is 1. The molecular weight excluding hydrogens is 392 g/mol. The first kappa shape index (κ1) is 19.1. The van der Waals surface area contributed by atoms with Crippen LogP contribution in [0.3, 0.4) is 0 Å². The van der Waals surface area contributed by atoms with Gasteiger partial charge in [0, 0.05) is 42.8 Å². The minimum atomic E-state index is -0.573. The maximum Gasteiger partial charge on any atom is 0.271 e. The molecular formula is C19H16N6O5. The minimum Gasteiger partial charge on any atom is -0.482 e. The average molecular weight is 408 g/mol. The number of amides is 2. The van der Waals surface area contributed by atoms with Crippen LogP contribution in [0, 0.1) is 10.1 Å². The quantitative estimate of drug-likeness (QED) is 0.479. The van der Waals surface area contributed by atoms with E-state index in [0.29, 0.717) is 11.6 Å². The molecule has 0 bridgehead atoms. The second-order valence-corrected chi connectivity index (χ2v) is 6.39. The van der Waals surface area contributed by atoms with E-state index in [0.717, 1.165) is 5.56 Å². The molecule has 11 nitrogen and oxygen atoms in total. The van der Waals surface area contributed by atoms with Crippen molar-refractivity contribution in [3.05, 3.63) is 70.7 Å². The van der Waals surface area contributed by atoms with E-state index < -0.39 is 16.7 Å². The molecule has 4 rings (SSSR count). The van der Waals surface area contributed by atoms with Gasteiger partial charge in [0.25, 0.3) is 11.6 Å². The highest BCUT2D eigenvalue weighted by molar-refractivity contribution is 6.02. The number of nitro groups is 1. The number of hydrogen-bond acceptors (Lipinski definition) is 7. The van der Waals surface area contributed by atoms with Crippen molar-refractivity contribution in [2.45, 2.75) is 6.54 Å². The van der Waals surface area contributed by atoms with Gasteiger partial charge >= 0.3 is 0 Å². The fraction of sp³-hybridized carbons (Fsp3) is 0.158. The van der Waals surface area contributed by atoms with E-state index in [1.54, 1.807) is 35.4 Å². The van der Waals surface area contributed by atoms with E-state index in [2.05, 4.69) is 15.4 Å². The lowest BCUT2D eigenvalue weighted by molar-refractivity contribution is -0.384. The Bertz CT molecular complexity index is 1110. The van der Waals surface area contributed by atoms with Crippen molar-refractivity contribution in [3.63, 3.8) is 0 Å². The Morgan fingerprint density at radius 1 is 1.27 bits per heavy atom. The number of ether oxygens (including phenoxy) is 1. The van der Waals surface area contributed by atoms with Gasteiger partial charge in [-0.2, -0.15) is 5.10 Å². The molecule has 0 spiro atoms. The molecule has 3 heterocycles. The summed E-state index contributed by atoms with van der Waals surface area (Å²) in [4.78, 5) is 40.8. The van der Waals surface area contributed by atoms with Crippen LogP contribution in [-0.2, 0) is 16.1 Å². The predicted octanol–water partition coefficient (Wildman–Crippen LogP) is 1.22. The molecule has 2 aromatic heterocycles. The van der Waals surface area contributed by atoms with Crippen LogP contribution in [0.2, 0.25) is 0 Å². The Balaban J connectivity index is 1.49. The molecule has 2 amide bonds. The standard InChI is InChI=1S/C19H16N6O5/c26-17(21-10-13-3-1-6-20-19(13)24-8-2-7-22-24)11-23-15-9-14(25(28)29)4-5-16(15)30-12-18(23)27/h1-9H,10-12H2,(H,21,26). The second-order valence-electron chi connectivity index (χ2n) is 6.39. The maximum atomic E-state index is 12.5. The molecule has 0 fully saturated rings. The summed E-state index contributed by atoms with van der Waals surface area (Å²) in [5.41, 5.74) is 0.727. The second kappa shape index (κ2) is 7.99. The van der Waals surface area contributed by atoms with E-state index in [9.17, 15) is 19.7 Å². The van der Waals surface area contributed by atoms with E-state index >= 15 is 0 Å². The number of anilines is 1. The number of rotatable bonds is 6. The van der Waals surface area contributed by atoms with Gasteiger partial charge in [-0.05, 0) is 18.2 Å². The van der Waals surface area contributed by atoms with Gasteiger partial charge in [-0.25, -0.2) is 9.67 Å². The monoisotopic (exact) mass is 408 g/mol. The lowest BCUT2D eigenvalue weighted by atomic mass is 10.2. The lowest BCUT2D eigenvalue weighted by Crippen LogP contribution is -2.45. The van der Waals surface area contributed by atoms with Gasteiger partial charge in [0.2, 0.25) is 5.91 Å². The third-order valence-corrected chi connectivity index (χ3v) is 4.46. The van der Waals surface area contributed by atoms with Crippen molar-refractivity contribution >= 4 is 23.2 Å². The number of aromatic nitrogens is 3. The summed E-state index contributed by atoms with van der Waals surface area (Å²) in [5, 5.41) is 17.9. The number of pyridine rings is 1. The highest BCUT2D eigenvalue weighted by Gasteiger charge is 2.29. The summed E-state index contributed by atoms with van der Waals surface area (Å²) in [5.74, 6) is -0.0119. The van der Waals surface area contributed by atoms with Crippen LogP contribution < -0.4 is 15.0 Å². The van der Waals surface area contributed by atoms with Crippen molar-refractivity contribution < 1.29 is 19.2 Å². The zero-order chi connectivity index (χ0) is 21.1. The Kier molecular flexibility index (Phi) is 5.08. The van der Waals surface area contributed by atoms with Crippen LogP contribution in [0.15, 0.2) is 55.0 Å². The van der Waals surface area contributed by atoms with E-state index in [-0.39, 0.29) is 31.1 Å². The lowest BCUT2D eigenvalue weighted by Gasteiger charge is -2.28. The van der Waals surface area contributed by atoms with Crippen LogP contribution >= 0.6 is 0 Å². The van der Waals surface area contributed by atoms with Gasteiger partial charge in [0.1, 0.15) is 12.3 Å². The van der Waals surface area contributed by atoms with Gasteiger partial charge in [0.15, 0.2) is 12.4 Å². The molecule has 0 atom stereocenters. The van der Waals surface area contributed by atoms with E-state index in [4.69, 9.17) is 4.74 Å². The average Bonchev–Trinajstić information content (AvgIpc) is 3.29. The summed E-state index contributed by atoms with van der Waals surface area (Å²) in [6, 6.07) is 9.23. The number of nitrogens with zero attached hydrogens (tertiary/aromatic N) is 5. The molecule has 0 saturated carbocycles. The summed E-state index contributed by atoms with van der Waals surface area (Å²) in [6.07, 6.45) is 4.99. The smallest absolute Gasteiger partial charge is 0.271 e. The topological polar surface area (TPSA) is 132 Å². The number of carbonyl (C=O) groups excluding carboxylic acids is 2. The van der Waals surface area contributed by atoms with Gasteiger partial charge in [-0.1, -0.05) is 6.07 Å². The van der Waals surface area contributed by atoms with Gasteiger partial charge < -0.3 is 10.1 Å². The maximum absolute atomic E-state index is 12.5. The number of benzene rings is 1. The van der Waals surface area contributed by atoms with E-state index in [1.807, 2.05) is 6.07 Å². The predicted molar refractivity (Wildman–Crippen MR) is 104 cm³/mol. The molecule has 152 valence electrons. The fourth-order valence-electron chi connectivity index (χ4n) is 3.04. The Morgan fingerprint density at radius 3 is 2.90 bits per heavy atom. The van der Waals surface area contributed by atoms with Crippen molar-refractivity contribution in [2.75, 3.05) is 18.1 Å². The number of nitrogens with one attached hydrogen (secondary N) is 1. The molecule has 3 aromatic rings. The molecule has 30 heavy (non-hydrogen) atoms. The van der Waals surface area contributed by atoms with Gasteiger partial charge in [0.05, 0.1) is 10.6 Å². The molecule has 11 heteroatoms. The highest BCUT2D eigenvalue weighted by Crippen LogP contribution is 2.35.